The summed E-state index contributed by atoms with van der Waals surface area (Å²) in [7, 11) is 0. The molecule has 0 aromatic carbocycles. The molecule has 0 bridgehead atoms. The molecule has 3 heteroatoms. The molecule has 64 valence electrons. The van der Waals surface area contributed by atoms with E-state index in [1.807, 2.05) is 6.92 Å². The zero-order chi connectivity index (χ0) is 9.30. The molecule has 12 heavy (non-hydrogen) atoms. The van der Waals surface area contributed by atoms with E-state index in [1.54, 1.807) is 6.07 Å². The molecule has 0 saturated heterocycles. The summed E-state index contributed by atoms with van der Waals surface area (Å²) < 4.78 is 0. The van der Waals surface area contributed by atoms with Crippen molar-refractivity contribution in [2.75, 3.05) is 0 Å². The summed E-state index contributed by atoms with van der Waals surface area (Å²) in [4.78, 5) is 23.3. The van der Waals surface area contributed by atoms with E-state index in [0.717, 1.165) is 5.56 Å². The maximum Gasteiger partial charge on any atom is 0.170 e. The molecule has 0 spiro atoms. The molecule has 2 nitrogen and oxygen atoms in total. The molecule has 0 fully saturated rings. The monoisotopic (exact) mass is 182 g/mol. The van der Waals surface area contributed by atoms with Crippen molar-refractivity contribution in [2.24, 2.45) is 0 Å². The van der Waals surface area contributed by atoms with Crippen LogP contribution in [0.3, 0.4) is 0 Å². The van der Waals surface area contributed by atoms with Gasteiger partial charge in [-0.25, -0.2) is 0 Å². The van der Waals surface area contributed by atoms with Crippen LogP contribution in [0.15, 0.2) is 6.07 Å². The first kappa shape index (κ1) is 9.13. The Morgan fingerprint density at radius 1 is 1.25 bits per heavy atom. The van der Waals surface area contributed by atoms with Crippen LogP contribution in [0.5, 0.6) is 0 Å². The number of carbonyl (C=O) groups is 2. The Kier molecular flexibility index (Phi) is 2.43. The van der Waals surface area contributed by atoms with Crippen LogP contribution in [0.1, 0.15) is 38.8 Å². The van der Waals surface area contributed by atoms with E-state index in [9.17, 15) is 9.59 Å². The average molecular weight is 182 g/mol. The minimum atomic E-state index is 0.0237. The maximum atomic E-state index is 11.0. The highest BCUT2D eigenvalue weighted by atomic mass is 32.1. The zero-order valence-electron chi connectivity index (χ0n) is 7.30. The third kappa shape index (κ3) is 1.61. The zero-order valence-corrected chi connectivity index (χ0v) is 8.12. The van der Waals surface area contributed by atoms with Crippen LogP contribution in [-0.4, -0.2) is 11.6 Å². The first-order valence-electron chi connectivity index (χ1n) is 3.64. The lowest BCUT2D eigenvalue weighted by atomic mass is 10.2. The standard InChI is InChI=1S/C9H10O2S/c1-5-4-8(6(2)10)12-9(5)7(3)11/h4H,1-3H3. The van der Waals surface area contributed by atoms with E-state index in [1.165, 1.54) is 25.2 Å². The number of aryl methyl sites for hydroxylation is 1. The SMILES string of the molecule is CC(=O)c1cc(C)c(C(C)=O)s1. The lowest BCUT2D eigenvalue weighted by Crippen LogP contribution is -1.88. The summed E-state index contributed by atoms with van der Waals surface area (Å²) in [6, 6.07) is 1.77. The molecule has 0 unspecified atom stereocenters. The lowest BCUT2D eigenvalue weighted by molar-refractivity contribution is 0.101. The van der Waals surface area contributed by atoms with Gasteiger partial charge in [0, 0.05) is 0 Å². The molecule has 0 N–H and O–H groups in total. The number of carbonyl (C=O) groups excluding carboxylic acids is 2. The molecular weight excluding hydrogens is 172 g/mol. The Bertz CT molecular complexity index is 336. The first-order chi connectivity index (χ1) is 5.52. The molecule has 0 radical (unpaired) electrons. The number of thiophene rings is 1. The van der Waals surface area contributed by atoms with Gasteiger partial charge in [0.25, 0.3) is 0 Å². The Morgan fingerprint density at radius 3 is 2.08 bits per heavy atom. The van der Waals surface area contributed by atoms with Crippen LogP contribution in [0, 0.1) is 6.92 Å². The van der Waals surface area contributed by atoms with Gasteiger partial charge in [0.1, 0.15) is 0 Å². The Labute approximate surface area is 75.2 Å². The smallest absolute Gasteiger partial charge is 0.170 e. The van der Waals surface area contributed by atoms with Crippen LogP contribution in [0.4, 0.5) is 0 Å². The minimum Gasteiger partial charge on any atom is -0.294 e. The molecule has 0 aliphatic rings. The largest absolute Gasteiger partial charge is 0.294 e. The van der Waals surface area contributed by atoms with Crippen molar-refractivity contribution >= 4 is 22.9 Å². The fourth-order valence-corrected chi connectivity index (χ4v) is 1.97. The van der Waals surface area contributed by atoms with Crippen molar-refractivity contribution in [3.8, 4) is 0 Å². The highest BCUT2D eigenvalue weighted by Crippen LogP contribution is 2.22. The molecule has 1 aromatic heterocycles. The summed E-state index contributed by atoms with van der Waals surface area (Å²) in [5, 5.41) is 0. The van der Waals surface area contributed by atoms with Gasteiger partial charge in [0.05, 0.1) is 9.75 Å². The molecule has 1 aromatic rings. The van der Waals surface area contributed by atoms with Crippen LogP contribution in [-0.2, 0) is 0 Å². The third-order valence-electron chi connectivity index (χ3n) is 1.58. The van der Waals surface area contributed by atoms with Crippen LogP contribution < -0.4 is 0 Å². The van der Waals surface area contributed by atoms with Crippen molar-refractivity contribution < 1.29 is 9.59 Å². The highest BCUT2D eigenvalue weighted by molar-refractivity contribution is 7.16. The summed E-state index contributed by atoms with van der Waals surface area (Å²) >= 11 is 1.28. The van der Waals surface area contributed by atoms with Crippen LogP contribution >= 0.6 is 11.3 Å². The van der Waals surface area contributed by atoms with Gasteiger partial charge in [-0.1, -0.05) is 0 Å². The van der Waals surface area contributed by atoms with Gasteiger partial charge < -0.3 is 0 Å². The molecule has 0 amide bonds. The van der Waals surface area contributed by atoms with Crippen molar-refractivity contribution in [2.45, 2.75) is 20.8 Å². The van der Waals surface area contributed by atoms with E-state index >= 15 is 0 Å². The molecule has 0 aliphatic carbocycles. The molecular formula is C9H10O2S. The normalized spacial score (nSPS) is 9.92. The summed E-state index contributed by atoms with van der Waals surface area (Å²) in [5.74, 6) is 0.0561. The van der Waals surface area contributed by atoms with Crippen molar-refractivity contribution in [1.82, 2.24) is 0 Å². The molecule has 1 heterocycles. The predicted octanol–water partition coefficient (Wildman–Crippen LogP) is 2.46. The molecule has 1 rings (SSSR count). The molecule has 0 atom stereocenters. The number of hydrogen-bond donors (Lipinski definition) is 0. The van der Waals surface area contributed by atoms with E-state index in [0.29, 0.717) is 9.75 Å². The van der Waals surface area contributed by atoms with Crippen LogP contribution in [0.25, 0.3) is 0 Å². The number of ketones is 2. The van der Waals surface area contributed by atoms with Crippen molar-refractivity contribution in [3.05, 3.63) is 21.4 Å². The van der Waals surface area contributed by atoms with Crippen molar-refractivity contribution in [3.63, 3.8) is 0 Å². The van der Waals surface area contributed by atoms with Crippen molar-refractivity contribution in [1.29, 1.82) is 0 Å². The predicted molar refractivity (Wildman–Crippen MR) is 49.1 cm³/mol. The average Bonchev–Trinajstić information content (AvgIpc) is 2.30. The van der Waals surface area contributed by atoms with Gasteiger partial charge in [0.2, 0.25) is 0 Å². The Balaban J connectivity index is 3.17. The molecule has 0 aliphatic heterocycles. The maximum absolute atomic E-state index is 11.0. The number of Topliss-reactive ketones (excluding diaryl/α,β-unsaturated/α-hetero) is 2. The van der Waals surface area contributed by atoms with Gasteiger partial charge in [-0.2, -0.15) is 0 Å². The fourth-order valence-electron chi connectivity index (χ4n) is 1.01. The Hall–Kier alpha value is -0.960. The molecule has 0 saturated carbocycles. The van der Waals surface area contributed by atoms with E-state index in [4.69, 9.17) is 0 Å². The first-order valence-corrected chi connectivity index (χ1v) is 4.46. The van der Waals surface area contributed by atoms with Gasteiger partial charge in [-0.3, -0.25) is 9.59 Å². The Morgan fingerprint density at radius 2 is 1.83 bits per heavy atom. The number of hydrogen-bond acceptors (Lipinski definition) is 3. The van der Waals surface area contributed by atoms with E-state index in [-0.39, 0.29) is 11.6 Å². The quantitative estimate of drug-likeness (QED) is 0.658. The second kappa shape index (κ2) is 3.19. The third-order valence-corrected chi connectivity index (χ3v) is 3.02. The number of rotatable bonds is 2. The van der Waals surface area contributed by atoms with Gasteiger partial charge in [-0.15, -0.1) is 11.3 Å². The minimum absolute atomic E-state index is 0.0237. The highest BCUT2D eigenvalue weighted by Gasteiger charge is 2.11. The second-order valence-corrected chi connectivity index (χ2v) is 3.79. The summed E-state index contributed by atoms with van der Waals surface area (Å²) in [6.07, 6.45) is 0. The van der Waals surface area contributed by atoms with E-state index < -0.39 is 0 Å². The van der Waals surface area contributed by atoms with Gasteiger partial charge in [0.15, 0.2) is 11.6 Å². The van der Waals surface area contributed by atoms with E-state index in [2.05, 4.69) is 0 Å². The summed E-state index contributed by atoms with van der Waals surface area (Å²) in [5.41, 5.74) is 0.901. The van der Waals surface area contributed by atoms with Crippen LogP contribution in [0.2, 0.25) is 0 Å². The lowest BCUT2D eigenvalue weighted by Gasteiger charge is -1.87. The topological polar surface area (TPSA) is 34.1 Å². The van der Waals surface area contributed by atoms with Gasteiger partial charge >= 0.3 is 0 Å². The summed E-state index contributed by atoms with van der Waals surface area (Å²) in [6.45, 7) is 4.87. The van der Waals surface area contributed by atoms with Gasteiger partial charge in [-0.05, 0) is 32.4 Å². The second-order valence-electron chi connectivity index (χ2n) is 2.74. The fraction of sp³-hybridized carbons (Fsp3) is 0.333.